The maximum absolute atomic E-state index is 13.7. The number of carbonyl (C=O) groups excluding carboxylic acids is 1. The van der Waals surface area contributed by atoms with Gasteiger partial charge < -0.3 is 4.90 Å². The maximum atomic E-state index is 13.7. The molecule has 5 heteroatoms. The Morgan fingerprint density at radius 3 is 2.68 bits per heavy atom. The van der Waals surface area contributed by atoms with Crippen LogP contribution in [0.4, 0.5) is 8.78 Å². The van der Waals surface area contributed by atoms with Gasteiger partial charge in [0.25, 0.3) is 0 Å². The van der Waals surface area contributed by atoms with Crippen molar-refractivity contribution in [2.45, 2.75) is 11.8 Å². The molecule has 1 fully saturated rings. The molecule has 1 saturated heterocycles. The van der Waals surface area contributed by atoms with E-state index in [9.17, 15) is 13.6 Å². The van der Waals surface area contributed by atoms with Crippen LogP contribution in [0.25, 0.3) is 0 Å². The number of hydrogen-bond acceptors (Lipinski definition) is 2. The predicted molar refractivity (Wildman–Crippen MR) is 83.4 cm³/mol. The standard InChI is InChI=1S/C17H15F2NOS/c18-14-7-6-13(15(19)11-14)10-16(21)20-8-9-22-17(20)12-4-2-1-3-5-12/h1-7,11,17H,8-10H2. The number of hydrogen-bond donors (Lipinski definition) is 0. The Morgan fingerprint density at radius 1 is 1.18 bits per heavy atom. The zero-order valence-electron chi connectivity index (χ0n) is 11.8. The molecular formula is C17H15F2NOS. The van der Waals surface area contributed by atoms with E-state index in [0.29, 0.717) is 6.54 Å². The minimum atomic E-state index is -0.670. The van der Waals surface area contributed by atoms with Crippen LogP contribution in [0.3, 0.4) is 0 Å². The van der Waals surface area contributed by atoms with Gasteiger partial charge in [-0.1, -0.05) is 36.4 Å². The highest BCUT2D eigenvalue weighted by atomic mass is 32.2. The summed E-state index contributed by atoms with van der Waals surface area (Å²) in [4.78, 5) is 14.3. The largest absolute Gasteiger partial charge is 0.325 e. The van der Waals surface area contributed by atoms with E-state index >= 15 is 0 Å². The predicted octanol–water partition coefficient (Wildman–Crippen LogP) is 3.78. The van der Waals surface area contributed by atoms with Gasteiger partial charge in [0.15, 0.2) is 0 Å². The molecule has 1 heterocycles. The molecule has 0 bridgehead atoms. The van der Waals surface area contributed by atoms with Crippen LogP contribution in [0.15, 0.2) is 48.5 Å². The molecule has 0 spiro atoms. The van der Waals surface area contributed by atoms with Crippen molar-refractivity contribution in [1.29, 1.82) is 0 Å². The summed E-state index contributed by atoms with van der Waals surface area (Å²) in [6, 6.07) is 13.1. The number of rotatable bonds is 3. The Labute approximate surface area is 132 Å². The summed E-state index contributed by atoms with van der Waals surface area (Å²) in [5.74, 6) is -0.578. The summed E-state index contributed by atoms with van der Waals surface area (Å²) in [6.45, 7) is 0.645. The molecule has 1 aliphatic heterocycles. The summed E-state index contributed by atoms with van der Waals surface area (Å²) in [5.41, 5.74) is 1.30. The van der Waals surface area contributed by atoms with Crippen molar-refractivity contribution < 1.29 is 13.6 Å². The highest BCUT2D eigenvalue weighted by Gasteiger charge is 2.30. The van der Waals surface area contributed by atoms with Crippen molar-refractivity contribution in [2.75, 3.05) is 12.3 Å². The number of benzene rings is 2. The molecule has 0 saturated carbocycles. The van der Waals surface area contributed by atoms with E-state index in [4.69, 9.17) is 0 Å². The fourth-order valence-corrected chi connectivity index (χ4v) is 3.83. The average Bonchev–Trinajstić information content (AvgIpc) is 3.00. The molecule has 0 aromatic heterocycles. The first-order chi connectivity index (χ1) is 10.6. The zero-order valence-corrected chi connectivity index (χ0v) is 12.7. The van der Waals surface area contributed by atoms with Crippen LogP contribution in [0, 0.1) is 11.6 Å². The second-order valence-corrected chi connectivity index (χ2v) is 6.32. The molecule has 0 aliphatic carbocycles. The van der Waals surface area contributed by atoms with E-state index in [0.717, 1.165) is 17.4 Å². The Morgan fingerprint density at radius 2 is 1.95 bits per heavy atom. The first-order valence-electron chi connectivity index (χ1n) is 7.05. The Hall–Kier alpha value is -1.88. The van der Waals surface area contributed by atoms with Gasteiger partial charge in [-0.2, -0.15) is 0 Å². The van der Waals surface area contributed by atoms with Crippen molar-refractivity contribution >= 4 is 17.7 Å². The molecular weight excluding hydrogens is 304 g/mol. The smallest absolute Gasteiger partial charge is 0.228 e. The molecule has 3 rings (SSSR count). The zero-order chi connectivity index (χ0) is 15.5. The normalized spacial score (nSPS) is 17.7. The van der Waals surface area contributed by atoms with Gasteiger partial charge in [0.2, 0.25) is 5.91 Å². The lowest BCUT2D eigenvalue weighted by molar-refractivity contribution is -0.130. The van der Waals surface area contributed by atoms with Crippen LogP contribution >= 0.6 is 11.8 Å². The summed E-state index contributed by atoms with van der Waals surface area (Å²) >= 11 is 1.70. The van der Waals surface area contributed by atoms with Gasteiger partial charge in [-0.15, -0.1) is 11.8 Å². The third kappa shape index (κ3) is 3.14. The van der Waals surface area contributed by atoms with Crippen LogP contribution in [-0.4, -0.2) is 23.1 Å². The van der Waals surface area contributed by atoms with E-state index in [1.54, 1.807) is 16.7 Å². The average molecular weight is 319 g/mol. The number of carbonyl (C=O) groups is 1. The van der Waals surface area contributed by atoms with Gasteiger partial charge in [-0.05, 0) is 17.2 Å². The summed E-state index contributed by atoms with van der Waals surface area (Å²) in [5, 5.41) is -0.0304. The first-order valence-corrected chi connectivity index (χ1v) is 8.10. The highest BCUT2D eigenvalue weighted by molar-refractivity contribution is 7.99. The Bertz CT molecular complexity index is 678. The topological polar surface area (TPSA) is 20.3 Å². The van der Waals surface area contributed by atoms with Crippen LogP contribution in [-0.2, 0) is 11.2 Å². The lowest BCUT2D eigenvalue weighted by Crippen LogP contribution is -2.31. The molecule has 2 aromatic rings. The second-order valence-electron chi connectivity index (χ2n) is 5.13. The van der Waals surface area contributed by atoms with Crippen molar-refractivity contribution in [2.24, 2.45) is 0 Å². The molecule has 1 amide bonds. The second kappa shape index (κ2) is 6.48. The Kier molecular flexibility index (Phi) is 4.43. The SMILES string of the molecule is O=C(Cc1ccc(F)cc1F)N1CCSC1c1ccccc1. The molecule has 22 heavy (non-hydrogen) atoms. The van der Waals surface area contributed by atoms with Crippen LogP contribution in [0.1, 0.15) is 16.5 Å². The van der Waals surface area contributed by atoms with Crippen LogP contribution in [0.2, 0.25) is 0 Å². The van der Waals surface area contributed by atoms with Crippen molar-refractivity contribution in [1.82, 2.24) is 4.90 Å². The van der Waals surface area contributed by atoms with E-state index in [-0.39, 0.29) is 23.3 Å². The molecule has 114 valence electrons. The van der Waals surface area contributed by atoms with Crippen LogP contribution in [0.5, 0.6) is 0 Å². The van der Waals surface area contributed by atoms with Gasteiger partial charge in [-0.3, -0.25) is 4.79 Å². The van der Waals surface area contributed by atoms with Crippen molar-refractivity contribution in [3.63, 3.8) is 0 Å². The molecule has 2 aromatic carbocycles. The van der Waals surface area contributed by atoms with Gasteiger partial charge in [-0.25, -0.2) is 8.78 Å². The minimum absolute atomic E-state index is 0.0304. The molecule has 0 N–H and O–H groups in total. The first kappa shape index (κ1) is 15.0. The number of halogens is 2. The third-order valence-electron chi connectivity index (χ3n) is 3.65. The van der Waals surface area contributed by atoms with Gasteiger partial charge in [0.05, 0.1) is 6.42 Å². The van der Waals surface area contributed by atoms with E-state index < -0.39 is 11.6 Å². The van der Waals surface area contributed by atoms with E-state index in [1.165, 1.54) is 12.1 Å². The fourth-order valence-electron chi connectivity index (χ4n) is 2.55. The number of nitrogens with zero attached hydrogens (tertiary/aromatic N) is 1. The maximum Gasteiger partial charge on any atom is 0.228 e. The fraction of sp³-hybridized carbons (Fsp3) is 0.235. The summed E-state index contributed by atoms with van der Waals surface area (Å²) in [6.07, 6.45) is -0.0456. The monoisotopic (exact) mass is 319 g/mol. The van der Waals surface area contributed by atoms with Gasteiger partial charge >= 0.3 is 0 Å². The number of thioether (sulfide) groups is 1. The van der Waals surface area contributed by atoms with Gasteiger partial charge in [0.1, 0.15) is 17.0 Å². The summed E-state index contributed by atoms with van der Waals surface area (Å²) < 4.78 is 26.6. The third-order valence-corrected chi connectivity index (χ3v) is 4.91. The van der Waals surface area contributed by atoms with Crippen LogP contribution < -0.4 is 0 Å². The van der Waals surface area contributed by atoms with Crippen molar-refractivity contribution in [3.8, 4) is 0 Å². The van der Waals surface area contributed by atoms with Crippen molar-refractivity contribution in [3.05, 3.63) is 71.3 Å². The quantitative estimate of drug-likeness (QED) is 0.858. The van der Waals surface area contributed by atoms with E-state index in [2.05, 4.69) is 0 Å². The summed E-state index contributed by atoms with van der Waals surface area (Å²) in [7, 11) is 0. The van der Waals surface area contributed by atoms with E-state index in [1.807, 2.05) is 30.3 Å². The minimum Gasteiger partial charge on any atom is -0.325 e. The molecule has 1 aliphatic rings. The highest BCUT2D eigenvalue weighted by Crippen LogP contribution is 2.38. The lowest BCUT2D eigenvalue weighted by Gasteiger charge is -2.24. The molecule has 0 radical (unpaired) electrons. The number of amides is 1. The lowest BCUT2D eigenvalue weighted by atomic mass is 10.1. The molecule has 1 unspecified atom stereocenters. The van der Waals surface area contributed by atoms with Gasteiger partial charge in [0, 0.05) is 18.4 Å². The molecule has 2 nitrogen and oxygen atoms in total. The Balaban J connectivity index is 1.76. The molecule has 1 atom stereocenters.